The van der Waals surface area contributed by atoms with Crippen LogP contribution in [-0.4, -0.2) is 22.5 Å². The summed E-state index contributed by atoms with van der Waals surface area (Å²) in [5.41, 5.74) is -3.51. The molecule has 1 aliphatic carbocycles. The second-order valence-electron chi connectivity index (χ2n) is 4.46. The Hall–Kier alpha value is -2.19. The molecule has 0 saturated heterocycles. The number of rotatable bonds is 3. The Morgan fingerprint density at radius 2 is 1.95 bits per heavy atom. The summed E-state index contributed by atoms with van der Waals surface area (Å²) in [5, 5.41) is 12.2. The van der Waals surface area contributed by atoms with Crippen molar-refractivity contribution in [1.29, 1.82) is 0 Å². The SMILES string of the molecule is O=C(NC1(C(F)(F)F)CC1)c1ccc([N+](=O)[O-])c(F)c1. The van der Waals surface area contributed by atoms with Crippen LogP contribution >= 0.6 is 0 Å². The van der Waals surface area contributed by atoms with E-state index in [0.717, 1.165) is 12.1 Å². The summed E-state index contributed by atoms with van der Waals surface area (Å²) < 4.78 is 51.2. The minimum atomic E-state index is -4.58. The second-order valence-corrected chi connectivity index (χ2v) is 4.46. The number of carbonyl (C=O) groups excluding carboxylic acids is 1. The van der Waals surface area contributed by atoms with E-state index in [1.54, 1.807) is 5.32 Å². The molecule has 0 radical (unpaired) electrons. The van der Waals surface area contributed by atoms with Crippen LogP contribution < -0.4 is 5.32 Å². The van der Waals surface area contributed by atoms with Crippen molar-refractivity contribution in [3.8, 4) is 0 Å². The van der Waals surface area contributed by atoms with Crippen LogP contribution in [0.5, 0.6) is 0 Å². The second kappa shape index (κ2) is 4.43. The lowest BCUT2D eigenvalue weighted by atomic mass is 10.1. The van der Waals surface area contributed by atoms with Gasteiger partial charge in [0.1, 0.15) is 5.54 Å². The molecule has 5 nitrogen and oxygen atoms in total. The van der Waals surface area contributed by atoms with Crippen molar-refractivity contribution >= 4 is 11.6 Å². The third-order valence-corrected chi connectivity index (χ3v) is 3.05. The Morgan fingerprint density at radius 3 is 2.35 bits per heavy atom. The highest BCUT2D eigenvalue weighted by molar-refractivity contribution is 5.95. The maximum Gasteiger partial charge on any atom is 0.411 e. The average molecular weight is 292 g/mol. The Bertz CT molecular complexity index is 582. The number of nitrogens with zero attached hydrogens (tertiary/aromatic N) is 1. The average Bonchev–Trinajstić information content (AvgIpc) is 3.08. The summed E-state index contributed by atoms with van der Waals surface area (Å²) in [5.74, 6) is -2.40. The molecule has 108 valence electrons. The highest BCUT2D eigenvalue weighted by atomic mass is 19.4. The molecule has 1 N–H and O–H groups in total. The molecule has 0 aromatic heterocycles. The largest absolute Gasteiger partial charge is 0.411 e. The maximum atomic E-state index is 13.3. The molecule has 20 heavy (non-hydrogen) atoms. The van der Waals surface area contributed by atoms with Crippen LogP contribution in [0.3, 0.4) is 0 Å². The third-order valence-electron chi connectivity index (χ3n) is 3.05. The van der Waals surface area contributed by atoms with Gasteiger partial charge in [0.25, 0.3) is 5.91 Å². The standard InChI is InChI=1S/C11H8F4N2O3/c12-7-5-6(1-2-8(7)17(19)20)9(18)16-10(3-4-10)11(13,14)15/h1-2,5H,3-4H2,(H,16,18). The lowest BCUT2D eigenvalue weighted by molar-refractivity contribution is -0.387. The van der Waals surface area contributed by atoms with Crippen molar-refractivity contribution in [2.45, 2.75) is 24.6 Å². The van der Waals surface area contributed by atoms with E-state index in [0.29, 0.717) is 6.07 Å². The topological polar surface area (TPSA) is 72.2 Å². The van der Waals surface area contributed by atoms with E-state index >= 15 is 0 Å². The van der Waals surface area contributed by atoms with Crippen molar-refractivity contribution in [2.75, 3.05) is 0 Å². The Balaban J connectivity index is 2.19. The predicted molar refractivity (Wildman–Crippen MR) is 58.5 cm³/mol. The molecule has 0 atom stereocenters. The van der Waals surface area contributed by atoms with Crippen LogP contribution in [0.4, 0.5) is 23.2 Å². The van der Waals surface area contributed by atoms with Gasteiger partial charge in [0.05, 0.1) is 4.92 Å². The maximum absolute atomic E-state index is 13.3. The van der Waals surface area contributed by atoms with Gasteiger partial charge >= 0.3 is 11.9 Å². The number of benzene rings is 1. The molecular weight excluding hydrogens is 284 g/mol. The normalized spacial score (nSPS) is 16.6. The van der Waals surface area contributed by atoms with Gasteiger partial charge in [0, 0.05) is 11.6 Å². The first kappa shape index (κ1) is 14.2. The fourth-order valence-corrected chi connectivity index (χ4v) is 1.69. The van der Waals surface area contributed by atoms with Gasteiger partial charge in [-0.05, 0) is 25.0 Å². The van der Waals surface area contributed by atoms with Crippen LogP contribution in [0, 0.1) is 15.9 Å². The van der Waals surface area contributed by atoms with Gasteiger partial charge in [-0.3, -0.25) is 14.9 Å². The quantitative estimate of drug-likeness (QED) is 0.528. The van der Waals surface area contributed by atoms with Gasteiger partial charge in [-0.1, -0.05) is 0 Å². The van der Waals surface area contributed by atoms with Gasteiger partial charge in [-0.2, -0.15) is 17.6 Å². The molecular formula is C11H8F4N2O3. The van der Waals surface area contributed by atoms with Crippen LogP contribution in [0.15, 0.2) is 18.2 Å². The first-order valence-corrected chi connectivity index (χ1v) is 5.49. The molecule has 0 heterocycles. The van der Waals surface area contributed by atoms with Crippen molar-refractivity contribution < 1.29 is 27.3 Å². The number of hydrogen-bond acceptors (Lipinski definition) is 3. The van der Waals surface area contributed by atoms with E-state index in [4.69, 9.17) is 0 Å². The zero-order valence-corrected chi connectivity index (χ0v) is 9.83. The van der Waals surface area contributed by atoms with E-state index in [1.165, 1.54) is 0 Å². The Morgan fingerprint density at radius 1 is 1.35 bits per heavy atom. The molecule has 0 spiro atoms. The number of nitrogens with one attached hydrogen (secondary N) is 1. The Kier molecular flexibility index (Phi) is 3.15. The molecule has 1 amide bonds. The number of nitro groups is 1. The van der Waals surface area contributed by atoms with Crippen LogP contribution in [0.25, 0.3) is 0 Å². The van der Waals surface area contributed by atoms with E-state index in [-0.39, 0.29) is 12.8 Å². The molecule has 0 unspecified atom stereocenters. The summed E-state index contributed by atoms with van der Waals surface area (Å²) in [6, 6.07) is 2.18. The number of nitro benzene ring substituents is 1. The lowest BCUT2D eigenvalue weighted by Gasteiger charge is -2.20. The summed E-state index contributed by atoms with van der Waals surface area (Å²) in [6.07, 6.45) is -5.06. The minimum Gasteiger partial charge on any atom is -0.338 e. The van der Waals surface area contributed by atoms with Gasteiger partial charge in [-0.15, -0.1) is 0 Å². The first-order chi connectivity index (χ1) is 9.16. The molecule has 1 aromatic carbocycles. The fourth-order valence-electron chi connectivity index (χ4n) is 1.69. The lowest BCUT2D eigenvalue weighted by Crippen LogP contribution is -2.47. The molecule has 0 bridgehead atoms. The molecule has 1 fully saturated rings. The molecule has 2 rings (SSSR count). The number of carbonyl (C=O) groups is 1. The highest BCUT2D eigenvalue weighted by Gasteiger charge is 2.64. The molecule has 1 aliphatic rings. The number of hydrogen-bond donors (Lipinski definition) is 1. The van der Waals surface area contributed by atoms with Gasteiger partial charge in [0.15, 0.2) is 0 Å². The van der Waals surface area contributed by atoms with E-state index < -0.39 is 39.6 Å². The zero-order valence-electron chi connectivity index (χ0n) is 9.83. The zero-order chi connectivity index (χ0) is 15.1. The van der Waals surface area contributed by atoms with Crippen LogP contribution in [0.2, 0.25) is 0 Å². The van der Waals surface area contributed by atoms with Crippen molar-refractivity contribution in [3.05, 3.63) is 39.7 Å². The predicted octanol–water partition coefficient (Wildman–Crippen LogP) is 2.56. The first-order valence-electron chi connectivity index (χ1n) is 5.49. The summed E-state index contributed by atoms with van der Waals surface area (Å²) in [7, 11) is 0. The molecule has 9 heteroatoms. The van der Waals surface area contributed by atoms with E-state index in [1.807, 2.05) is 0 Å². The van der Waals surface area contributed by atoms with Gasteiger partial charge in [-0.25, -0.2) is 0 Å². The fraction of sp³-hybridized carbons (Fsp3) is 0.364. The number of alkyl halides is 3. The van der Waals surface area contributed by atoms with Crippen molar-refractivity contribution in [1.82, 2.24) is 5.32 Å². The number of amides is 1. The third kappa shape index (κ3) is 2.43. The summed E-state index contributed by atoms with van der Waals surface area (Å²) >= 11 is 0. The van der Waals surface area contributed by atoms with Crippen molar-refractivity contribution in [3.63, 3.8) is 0 Å². The molecule has 0 aliphatic heterocycles. The monoisotopic (exact) mass is 292 g/mol. The van der Waals surface area contributed by atoms with Crippen LogP contribution in [-0.2, 0) is 0 Å². The molecule has 1 aromatic rings. The van der Waals surface area contributed by atoms with E-state index in [2.05, 4.69) is 0 Å². The van der Waals surface area contributed by atoms with Gasteiger partial charge < -0.3 is 5.32 Å². The highest BCUT2D eigenvalue weighted by Crippen LogP contribution is 2.49. The number of halogens is 4. The summed E-state index contributed by atoms with van der Waals surface area (Å²) in [4.78, 5) is 21.0. The van der Waals surface area contributed by atoms with Crippen LogP contribution in [0.1, 0.15) is 23.2 Å². The summed E-state index contributed by atoms with van der Waals surface area (Å²) in [6.45, 7) is 0. The molecule has 1 saturated carbocycles. The Labute approximate surface area is 109 Å². The van der Waals surface area contributed by atoms with Crippen molar-refractivity contribution in [2.24, 2.45) is 0 Å². The minimum absolute atomic E-state index is 0.238. The van der Waals surface area contributed by atoms with E-state index in [9.17, 15) is 32.5 Å². The smallest absolute Gasteiger partial charge is 0.338 e. The van der Waals surface area contributed by atoms with Gasteiger partial charge in [0.2, 0.25) is 5.82 Å².